The molecule has 2 unspecified atom stereocenters. The van der Waals surface area contributed by atoms with Crippen LogP contribution in [0.1, 0.15) is 33.1 Å². The Bertz CT molecular complexity index is 414. The van der Waals surface area contributed by atoms with Crippen LogP contribution in [0.2, 0.25) is 0 Å². The van der Waals surface area contributed by atoms with Gasteiger partial charge in [0.15, 0.2) is 11.6 Å². The highest BCUT2D eigenvalue weighted by atomic mass is 16.5. The average Bonchev–Trinajstić information content (AvgIpc) is 2.37. The minimum Gasteiger partial charge on any atom is -0.490 e. The predicted molar refractivity (Wildman–Crippen MR) is 77.7 cm³/mol. The van der Waals surface area contributed by atoms with Gasteiger partial charge in [0.1, 0.15) is 6.33 Å². The zero-order chi connectivity index (χ0) is 13.8. The van der Waals surface area contributed by atoms with E-state index in [1.165, 1.54) is 19.3 Å². The Balaban J connectivity index is 2.14. The van der Waals surface area contributed by atoms with Crippen molar-refractivity contribution in [3.63, 3.8) is 0 Å². The van der Waals surface area contributed by atoms with Crippen LogP contribution in [0.15, 0.2) is 6.33 Å². The number of nitrogens with one attached hydrogen (secondary N) is 2. The molecule has 0 amide bonds. The lowest BCUT2D eigenvalue weighted by Crippen LogP contribution is -2.30. The van der Waals surface area contributed by atoms with E-state index in [1.54, 1.807) is 13.4 Å². The molecule has 2 N–H and O–H groups in total. The lowest BCUT2D eigenvalue weighted by atomic mass is 9.80. The fourth-order valence-corrected chi connectivity index (χ4v) is 3.11. The van der Waals surface area contributed by atoms with Gasteiger partial charge >= 0.3 is 0 Å². The predicted octanol–water partition coefficient (Wildman–Crippen LogP) is 2.76. The summed E-state index contributed by atoms with van der Waals surface area (Å²) >= 11 is 0. The molecule has 2 atom stereocenters. The van der Waals surface area contributed by atoms with Gasteiger partial charge in [-0.2, -0.15) is 0 Å². The van der Waals surface area contributed by atoms with E-state index in [1.807, 2.05) is 7.05 Å². The van der Waals surface area contributed by atoms with Crippen LogP contribution in [0.25, 0.3) is 0 Å². The van der Waals surface area contributed by atoms with Gasteiger partial charge in [0.2, 0.25) is 5.75 Å². The number of aromatic nitrogens is 2. The molecule has 5 heteroatoms. The molecule has 0 aliphatic heterocycles. The number of methoxy groups -OCH3 is 1. The third-order valence-electron chi connectivity index (χ3n) is 3.76. The number of hydrogen-bond donors (Lipinski definition) is 2. The van der Waals surface area contributed by atoms with E-state index in [9.17, 15) is 0 Å². The summed E-state index contributed by atoms with van der Waals surface area (Å²) in [7, 11) is 3.48. The van der Waals surface area contributed by atoms with Crippen LogP contribution < -0.4 is 15.4 Å². The summed E-state index contributed by atoms with van der Waals surface area (Å²) in [6.45, 7) is 4.64. The molecule has 1 saturated carbocycles. The van der Waals surface area contributed by atoms with Crippen LogP contribution in [-0.2, 0) is 0 Å². The van der Waals surface area contributed by atoms with Crippen molar-refractivity contribution in [1.82, 2.24) is 9.97 Å². The molecular formula is C14H24N4O. The van der Waals surface area contributed by atoms with Crippen molar-refractivity contribution >= 4 is 11.6 Å². The van der Waals surface area contributed by atoms with Gasteiger partial charge in [-0.25, -0.2) is 9.97 Å². The molecule has 1 aliphatic carbocycles. The summed E-state index contributed by atoms with van der Waals surface area (Å²) < 4.78 is 5.41. The summed E-state index contributed by atoms with van der Waals surface area (Å²) in [4.78, 5) is 8.48. The first-order valence-electron chi connectivity index (χ1n) is 6.97. The van der Waals surface area contributed by atoms with Crippen molar-refractivity contribution in [3.8, 4) is 5.75 Å². The molecule has 0 saturated heterocycles. The minimum absolute atomic E-state index is 0.465. The van der Waals surface area contributed by atoms with Gasteiger partial charge in [-0.1, -0.05) is 13.8 Å². The van der Waals surface area contributed by atoms with Gasteiger partial charge in [0, 0.05) is 13.1 Å². The van der Waals surface area contributed by atoms with Crippen molar-refractivity contribution in [1.29, 1.82) is 0 Å². The second-order valence-corrected chi connectivity index (χ2v) is 5.61. The molecule has 1 aromatic rings. The highest BCUT2D eigenvalue weighted by Crippen LogP contribution is 2.34. The van der Waals surface area contributed by atoms with Crippen molar-refractivity contribution in [2.45, 2.75) is 39.2 Å². The minimum atomic E-state index is 0.465. The molecule has 0 bridgehead atoms. The molecule has 0 radical (unpaired) electrons. The fourth-order valence-electron chi connectivity index (χ4n) is 3.11. The van der Waals surface area contributed by atoms with Gasteiger partial charge < -0.3 is 15.4 Å². The van der Waals surface area contributed by atoms with Crippen molar-refractivity contribution in [2.24, 2.45) is 11.8 Å². The molecule has 0 spiro atoms. The van der Waals surface area contributed by atoms with E-state index in [-0.39, 0.29) is 0 Å². The Morgan fingerprint density at radius 1 is 1.11 bits per heavy atom. The van der Waals surface area contributed by atoms with Crippen LogP contribution in [0, 0.1) is 11.8 Å². The third-order valence-corrected chi connectivity index (χ3v) is 3.76. The maximum absolute atomic E-state index is 5.41. The van der Waals surface area contributed by atoms with Crippen molar-refractivity contribution in [2.75, 3.05) is 24.8 Å². The Hall–Kier alpha value is -1.52. The van der Waals surface area contributed by atoms with E-state index in [0.29, 0.717) is 11.8 Å². The highest BCUT2D eigenvalue weighted by Gasteiger charge is 2.25. The lowest BCUT2D eigenvalue weighted by molar-refractivity contribution is 0.280. The number of nitrogens with zero attached hydrogens (tertiary/aromatic N) is 2. The van der Waals surface area contributed by atoms with Gasteiger partial charge in [-0.3, -0.25) is 0 Å². The molecule has 1 fully saturated rings. The SMILES string of the molecule is CNc1ncnc(NC2CC(C)CC(C)C2)c1OC. The summed E-state index contributed by atoms with van der Waals surface area (Å²) in [5, 5.41) is 6.55. The summed E-state index contributed by atoms with van der Waals surface area (Å²) in [5.41, 5.74) is 0. The second kappa shape index (κ2) is 6.08. The van der Waals surface area contributed by atoms with Gasteiger partial charge in [-0.05, 0) is 31.1 Å². The van der Waals surface area contributed by atoms with Crippen LogP contribution in [0.3, 0.4) is 0 Å². The molecule has 106 valence electrons. The standard InChI is InChI=1S/C14H24N4O/c1-9-5-10(2)7-11(6-9)18-14-12(19-4)13(15-3)16-8-17-14/h8-11H,5-7H2,1-4H3,(H2,15,16,17,18). The average molecular weight is 264 g/mol. The Morgan fingerprint density at radius 2 is 1.74 bits per heavy atom. The van der Waals surface area contributed by atoms with Gasteiger partial charge in [0.05, 0.1) is 7.11 Å². The van der Waals surface area contributed by atoms with Gasteiger partial charge in [-0.15, -0.1) is 0 Å². The quantitative estimate of drug-likeness (QED) is 0.875. The third kappa shape index (κ3) is 3.28. The summed E-state index contributed by atoms with van der Waals surface area (Å²) in [6.07, 6.45) is 5.26. The second-order valence-electron chi connectivity index (χ2n) is 5.61. The number of rotatable bonds is 4. The number of anilines is 2. The fraction of sp³-hybridized carbons (Fsp3) is 0.714. The molecule has 1 heterocycles. The molecule has 5 nitrogen and oxygen atoms in total. The van der Waals surface area contributed by atoms with E-state index in [0.717, 1.165) is 23.5 Å². The lowest BCUT2D eigenvalue weighted by Gasteiger charge is -2.32. The monoisotopic (exact) mass is 264 g/mol. The maximum atomic E-state index is 5.41. The number of hydrogen-bond acceptors (Lipinski definition) is 5. The molecule has 19 heavy (non-hydrogen) atoms. The van der Waals surface area contributed by atoms with E-state index < -0.39 is 0 Å². The molecule has 1 aliphatic rings. The zero-order valence-corrected chi connectivity index (χ0v) is 12.2. The van der Waals surface area contributed by atoms with Crippen LogP contribution in [-0.4, -0.2) is 30.2 Å². The van der Waals surface area contributed by atoms with E-state index in [4.69, 9.17) is 4.74 Å². The Kier molecular flexibility index (Phi) is 4.45. The van der Waals surface area contributed by atoms with E-state index >= 15 is 0 Å². The summed E-state index contributed by atoms with van der Waals surface area (Å²) in [6, 6.07) is 0.465. The summed E-state index contributed by atoms with van der Waals surface area (Å²) in [5.74, 6) is 3.72. The Labute approximate surface area is 115 Å². The largest absolute Gasteiger partial charge is 0.490 e. The van der Waals surface area contributed by atoms with Crippen molar-refractivity contribution < 1.29 is 4.74 Å². The normalized spacial score (nSPS) is 26.8. The molecule has 2 rings (SSSR count). The molecule has 0 aromatic carbocycles. The first-order valence-corrected chi connectivity index (χ1v) is 6.97. The molecular weight excluding hydrogens is 240 g/mol. The topological polar surface area (TPSA) is 59.1 Å². The van der Waals surface area contributed by atoms with E-state index in [2.05, 4.69) is 34.4 Å². The first-order chi connectivity index (χ1) is 9.13. The number of ether oxygens (including phenoxy) is 1. The zero-order valence-electron chi connectivity index (χ0n) is 12.2. The van der Waals surface area contributed by atoms with Crippen LogP contribution >= 0.6 is 0 Å². The van der Waals surface area contributed by atoms with Crippen LogP contribution in [0.4, 0.5) is 11.6 Å². The maximum Gasteiger partial charge on any atom is 0.204 e. The first kappa shape index (κ1) is 13.9. The highest BCUT2D eigenvalue weighted by molar-refractivity contribution is 5.63. The smallest absolute Gasteiger partial charge is 0.204 e. The molecule has 1 aromatic heterocycles. The van der Waals surface area contributed by atoms with Gasteiger partial charge in [0.25, 0.3) is 0 Å². The Morgan fingerprint density at radius 3 is 2.32 bits per heavy atom. The van der Waals surface area contributed by atoms with Crippen molar-refractivity contribution in [3.05, 3.63) is 6.33 Å². The van der Waals surface area contributed by atoms with Crippen LogP contribution in [0.5, 0.6) is 5.75 Å².